The molecular weight excluding hydrogens is 422 g/mol. The fourth-order valence-electron chi connectivity index (χ4n) is 3.31. The van der Waals surface area contributed by atoms with Gasteiger partial charge in [-0.15, -0.1) is 0 Å². The molecule has 0 fully saturated rings. The first-order valence-electron chi connectivity index (χ1n) is 9.38. The topological polar surface area (TPSA) is 112 Å². The lowest BCUT2D eigenvalue weighted by molar-refractivity contribution is -0.123. The van der Waals surface area contributed by atoms with Crippen molar-refractivity contribution in [2.45, 2.75) is 6.04 Å². The SMILES string of the molecule is COc1ccc(-c2cc(=O)oc3cc(OCC(=O)NC4C=CS(=O)(=O)C4)ccc23)cc1. The Kier molecular flexibility index (Phi) is 5.51. The first-order chi connectivity index (χ1) is 14.8. The van der Waals surface area contributed by atoms with Gasteiger partial charge in [0.15, 0.2) is 16.4 Å². The number of benzene rings is 2. The highest BCUT2D eigenvalue weighted by Gasteiger charge is 2.23. The zero-order valence-corrected chi connectivity index (χ0v) is 17.3. The third-order valence-corrected chi connectivity index (χ3v) is 6.16. The van der Waals surface area contributed by atoms with Gasteiger partial charge in [0.1, 0.15) is 17.1 Å². The average molecular weight is 441 g/mol. The van der Waals surface area contributed by atoms with Gasteiger partial charge in [-0.1, -0.05) is 12.1 Å². The first kappa shape index (κ1) is 20.7. The van der Waals surface area contributed by atoms with Crippen molar-refractivity contribution < 1.29 is 27.1 Å². The highest BCUT2D eigenvalue weighted by molar-refractivity contribution is 7.94. The van der Waals surface area contributed by atoms with E-state index in [-0.39, 0.29) is 12.4 Å². The third-order valence-electron chi connectivity index (χ3n) is 4.76. The summed E-state index contributed by atoms with van der Waals surface area (Å²) in [6.07, 6.45) is 1.43. The van der Waals surface area contributed by atoms with Crippen LogP contribution in [0.15, 0.2) is 69.2 Å². The van der Waals surface area contributed by atoms with Crippen LogP contribution in [0.25, 0.3) is 22.1 Å². The van der Waals surface area contributed by atoms with E-state index in [1.807, 2.05) is 12.1 Å². The zero-order valence-electron chi connectivity index (χ0n) is 16.5. The standard InChI is InChI=1S/C22H19NO7S/c1-28-16-4-2-14(3-5-16)19-11-22(25)30-20-10-17(6-7-18(19)20)29-12-21(24)23-15-8-9-31(26,27)13-15/h2-11,15H,12-13H2,1H3,(H,23,24). The van der Waals surface area contributed by atoms with Crippen molar-refractivity contribution in [2.75, 3.05) is 19.5 Å². The Morgan fingerprint density at radius 1 is 1.13 bits per heavy atom. The summed E-state index contributed by atoms with van der Waals surface area (Å²) >= 11 is 0. The minimum atomic E-state index is -3.25. The summed E-state index contributed by atoms with van der Waals surface area (Å²) in [7, 11) is -1.67. The molecule has 9 heteroatoms. The highest BCUT2D eigenvalue weighted by Crippen LogP contribution is 2.30. The maximum atomic E-state index is 12.1. The molecule has 1 amide bonds. The number of carbonyl (C=O) groups is 1. The van der Waals surface area contributed by atoms with Crippen molar-refractivity contribution in [2.24, 2.45) is 0 Å². The second-order valence-electron chi connectivity index (χ2n) is 6.99. The molecule has 2 aromatic carbocycles. The van der Waals surface area contributed by atoms with Crippen LogP contribution in [0.5, 0.6) is 11.5 Å². The van der Waals surface area contributed by atoms with E-state index in [4.69, 9.17) is 13.9 Å². The number of methoxy groups -OCH3 is 1. The molecule has 1 atom stereocenters. The maximum Gasteiger partial charge on any atom is 0.336 e. The number of sulfone groups is 1. The van der Waals surface area contributed by atoms with Crippen molar-refractivity contribution in [3.8, 4) is 22.6 Å². The molecule has 3 aromatic rings. The summed E-state index contributed by atoms with van der Waals surface area (Å²) in [6, 6.07) is 13.1. The molecular formula is C22H19NO7S. The summed E-state index contributed by atoms with van der Waals surface area (Å²) in [4.78, 5) is 24.1. The number of rotatable bonds is 6. The van der Waals surface area contributed by atoms with Gasteiger partial charge in [-0.3, -0.25) is 4.79 Å². The summed E-state index contributed by atoms with van der Waals surface area (Å²) < 4.78 is 38.8. The van der Waals surface area contributed by atoms with Gasteiger partial charge in [-0.2, -0.15) is 0 Å². The average Bonchev–Trinajstić information content (AvgIpc) is 3.09. The molecule has 1 aromatic heterocycles. The Hall–Kier alpha value is -3.59. The number of fused-ring (bicyclic) bond motifs is 1. The van der Waals surface area contributed by atoms with Crippen LogP contribution in [0, 0.1) is 0 Å². The summed E-state index contributed by atoms with van der Waals surface area (Å²) in [6.45, 7) is -0.307. The van der Waals surface area contributed by atoms with Crippen molar-refractivity contribution in [3.63, 3.8) is 0 Å². The first-order valence-corrected chi connectivity index (χ1v) is 11.1. The monoisotopic (exact) mass is 441 g/mol. The van der Waals surface area contributed by atoms with E-state index >= 15 is 0 Å². The molecule has 2 heterocycles. The molecule has 0 radical (unpaired) electrons. The fraction of sp³-hybridized carbons (Fsp3) is 0.182. The molecule has 1 aliphatic rings. The Morgan fingerprint density at radius 2 is 1.87 bits per heavy atom. The quantitative estimate of drug-likeness (QED) is 0.584. The van der Waals surface area contributed by atoms with Crippen LogP contribution in [-0.2, 0) is 14.6 Å². The molecule has 0 spiro atoms. The van der Waals surface area contributed by atoms with Gasteiger partial charge in [0.25, 0.3) is 5.91 Å². The van der Waals surface area contributed by atoms with E-state index in [0.717, 1.165) is 11.0 Å². The fourth-order valence-corrected chi connectivity index (χ4v) is 4.54. The number of carbonyl (C=O) groups excluding carboxylic acids is 1. The van der Waals surface area contributed by atoms with Gasteiger partial charge in [-0.05, 0) is 41.5 Å². The number of ether oxygens (including phenoxy) is 2. The molecule has 31 heavy (non-hydrogen) atoms. The van der Waals surface area contributed by atoms with E-state index in [1.165, 1.54) is 18.2 Å². The third kappa shape index (κ3) is 4.77. The van der Waals surface area contributed by atoms with Crippen LogP contribution in [0.4, 0.5) is 0 Å². The zero-order chi connectivity index (χ0) is 22.0. The van der Waals surface area contributed by atoms with Gasteiger partial charge in [0.2, 0.25) is 0 Å². The molecule has 0 bridgehead atoms. The van der Waals surface area contributed by atoms with Crippen LogP contribution in [0.3, 0.4) is 0 Å². The second kappa shape index (κ2) is 8.27. The van der Waals surface area contributed by atoms with E-state index in [9.17, 15) is 18.0 Å². The van der Waals surface area contributed by atoms with Gasteiger partial charge >= 0.3 is 5.63 Å². The second-order valence-corrected chi connectivity index (χ2v) is 8.92. The Labute approximate surface area is 178 Å². The molecule has 1 aliphatic heterocycles. The minimum Gasteiger partial charge on any atom is -0.497 e. The summed E-state index contributed by atoms with van der Waals surface area (Å²) in [5, 5.41) is 4.38. The molecule has 0 aliphatic carbocycles. The highest BCUT2D eigenvalue weighted by atomic mass is 32.2. The van der Waals surface area contributed by atoms with E-state index in [0.29, 0.717) is 28.0 Å². The molecule has 1 unspecified atom stereocenters. The van der Waals surface area contributed by atoms with Gasteiger partial charge in [0.05, 0.1) is 18.9 Å². The van der Waals surface area contributed by atoms with Crippen LogP contribution >= 0.6 is 0 Å². The number of amides is 1. The predicted octanol–water partition coefficient (Wildman–Crippen LogP) is 2.27. The Bertz CT molecular complexity index is 1320. The van der Waals surface area contributed by atoms with Crippen molar-refractivity contribution in [1.29, 1.82) is 0 Å². The van der Waals surface area contributed by atoms with Crippen molar-refractivity contribution in [1.82, 2.24) is 5.32 Å². The smallest absolute Gasteiger partial charge is 0.336 e. The predicted molar refractivity (Wildman–Crippen MR) is 115 cm³/mol. The molecule has 0 saturated heterocycles. The van der Waals surface area contributed by atoms with E-state index in [2.05, 4.69) is 5.32 Å². The normalized spacial score (nSPS) is 16.9. The van der Waals surface area contributed by atoms with Crippen LogP contribution in [0.1, 0.15) is 0 Å². The maximum absolute atomic E-state index is 12.1. The van der Waals surface area contributed by atoms with Gasteiger partial charge < -0.3 is 19.2 Å². The van der Waals surface area contributed by atoms with Crippen molar-refractivity contribution in [3.05, 3.63) is 70.4 Å². The minimum absolute atomic E-state index is 0.159. The lowest BCUT2D eigenvalue weighted by Crippen LogP contribution is -2.38. The molecule has 8 nitrogen and oxygen atoms in total. The van der Waals surface area contributed by atoms with Gasteiger partial charge in [0, 0.05) is 22.9 Å². The van der Waals surface area contributed by atoms with Crippen LogP contribution in [-0.4, -0.2) is 39.8 Å². The number of hydrogen-bond acceptors (Lipinski definition) is 7. The lowest BCUT2D eigenvalue weighted by atomic mass is 10.0. The lowest BCUT2D eigenvalue weighted by Gasteiger charge is -2.12. The molecule has 4 rings (SSSR count). The van der Waals surface area contributed by atoms with E-state index in [1.54, 1.807) is 31.4 Å². The summed E-state index contributed by atoms with van der Waals surface area (Å²) in [5.41, 5.74) is 1.34. The molecule has 160 valence electrons. The largest absolute Gasteiger partial charge is 0.497 e. The number of hydrogen-bond donors (Lipinski definition) is 1. The number of nitrogens with one attached hydrogen (secondary N) is 1. The molecule has 1 N–H and O–H groups in total. The Balaban J connectivity index is 1.51. The van der Waals surface area contributed by atoms with Crippen molar-refractivity contribution >= 4 is 26.7 Å². The van der Waals surface area contributed by atoms with Gasteiger partial charge in [-0.25, -0.2) is 13.2 Å². The van der Waals surface area contributed by atoms with Crippen LogP contribution < -0.4 is 20.4 Å². The van der Waals surface area contributed by atoms with E-state index < -0.39 is 27.4 Å². The molecule has 0 saturated carbocycles. The van der Waals surface area contributed by atoms with Crippen LogP contribution in [0.2, 0.25) is 0 Å². The Morgan fingerprint density at radius 3 is 2.55 bits per heavy atom. The summed E-state index contributed by atoms with van der Waals surface area (Å²) in [5.74, 6) is 0.428.